The molecule has 20 heavy (non-hydrogen) atoms. The lowest BCUT2D eigenvalue weighted by atomic mass is 10.2. The van der Waals surface area contributed by atoms with Crippen LogP contribution >= 0.6 is 0 Å². The van der Waals surface area contributed by atoms with E-state index >= 15 is 0 Å². The predicted octanol–water partition coefficient (Wildman–Crippen LogP) is 4.05. The van der Waals surface area contributed by atoms with Crippen molar-refractivity contribution in [2.45, 2.75) is 6.54 Å². The Labute approximate surface area is 115 Å². The van der Waals surface area contributed by atoms with Crippen LogP contribution in [-0.4, -0.2) is 9.97 Å². The quantitative estimate of drug-likeness (QED) is 0.671. The second-order valence-electron chi connectivity index (χ2n) is 4.21. The monoisotopic (exact) mass is 266 g/mol. The lowest BCUT2D eigenvalue weighted by Crippen LogP contribution is -1.86. The van der Waals surface area contributed by atoms with E-state index in [1.807, 2.05) is 24.3 Å². The number of azo groups is 1. The average Bonchev–Trinajstić information content (AvgIpc) is 2.49. The first kappa shape index (κ1) is 12.3. The van der Waals surface area contributed by atoms with E-state index in [4.69, 9.17) is 0 Å². The number of hydrogen-bond donors (Lipinski definition) is 0. The molecule has 2 aromatic carbocycles. The number of nitrogens with zero attached hydrogens (tertiary/aromatic N) is 4. The number of aromatic nitrogens is 2. The van der Waals surface area contributed by atoms with Crippen molar-refractivity contribution in [3.05, 3.63) is 66.2 Å². The van der Waals surface area contributed by atoms with Gasteiger partial charge in [0.2, 0.25) is 0 Å². The molecular weight excluding hydrogens is 255 g/mol. The fourth-order valence-corrected chi connectivity index (χ4v) is 1.88. The first-order valence-corrected chi connectivity index (χ1v) is 6.15. The van der Waals surface area contributed by atoms with Gasteiger partial charge in [-0.1, -0.05) is 30.3 Å². The molecule has 3 rings (SSSR count). The highest BCUT2D eigenvalue weighted by molar-refractivity contribution is 5.86. The van der Waals surface area contributed by atoms with Gasteiger partial charge in [-0.25, -0.2) is 14.4 Å². The molecule has 4 nitrogen and oxygen atoms in total. The maximum atomic E-state index is 13.4. The third kappa shape index (κ3) is 2.51. The second kappa shape index (κ2) is 5.52. The topological polar surface area (TPSA) is 50.5 Å². The van der Waals surface area contributed by atoms with Crippen LogP contribution in [-0.2, 0) is 6.54 Å². The first-order chi connectivity index (χ1) is 9.84. The highest BCUT2D eigenvalue weighted by Gasteiger charge is 2.02. The van der Waals surface area contributed by atoms with Gasteiger partial charge in [0, 0.05) is 10.9 Å². The van der Waals surface area contributed by atoms with Gasteiger partial charge < -0.3 is 0 Å². The largest absolute Gasteiger partial charge is 0.236 e. The zero-order valence-electron chi connectivity index (χ0n) is 10.6. The van der Waals surface area contributed by atoms with E-state index in [-0.39, 0.29) is 12.4 Å². The van der Waals surface area contributed by atoms with Gasteiger partial charge in [-0.2, -0.15) is 5.11 Å². The third-order valence-corrected chi connectivity index (χ3v) is 2.89. The summed E-state index contributed by atoms with van der Waals surface area (Å²) in [6.07, 6.45) is 1.44. The molecule has 0 radical (unpaired) electrons. The lowest BCUT2D eigenvalue weighted by Gasteiger charge is -1.99. The standard InChI is InChI=1S/C15H11FN4/c16-13-7-3-1-5-11(13)9-19-20-15-12-6-2-4-8-14(12)17-10-18-15/h1-8,10H,9H2. The molecule has 0 unspecified atom stereocenters. The smallest absolute Gasteiger partial charge is 0.184 e. The maximum Gasteiger partial charge on any atom is 0.184 e. The molecule has 0 aliphatic heterocycles. The Bertz CT molecular complexity index is 765. The predicted molar refractivity (Wildman–Crippen MR) is 74.2 cm³/mol. The van der Waals surface area contributed by atoms with E-state index < -0.39 is 0 Å². The van der Waals surface area contributed by atoms with E-state index in [1.165, 1.54) is 12.4 Å². The number of para-hydroxylation sites is 1. The van der Waals surface area contributed by atoms with Crippen molar-refractivity contribution in [2.75, 3.05) is 0 Å². The Morgan fingerprint density at radius 1 is 0.950 bits per heavy atom. The molecule has 0 saturated heterocycles. The van der Waals surface area contributed by atoms with Gasteiger partial charge in [0.1, 0.15) is 12.1 Å². The minimum Gasteiger partial charge on any atom is -0.236 e. The SMILES string of the molecule is Fc1ccccc1CN=Nc1ncnc2ccccc12. The number of hydrogen-bond acceptors (Lipinski definition) is 4. The molecule has 1 heterocycles. The molecule has 0 aliphatic carbocycles. The van der Waals surface area contributed by atoms with Gasteiger partial charge in [-0.3, -0.25) is 0 Å². The Hall–Kier alpha value is -2.69. The van der Waals surface area contributed by atoms with E-state index in [0.717, 1.165) is 10.9 Å². The molecule has 0 N–H and O–H groups in total. The van der Waals surface area contributed by atoms with Gasteiger partial charge in [0.15, 0.2) is 5.82 Å². The third-order valence-electron chi connectivity index (χ3n) is 2.89. The number of halogens is 1. The van der Waals surface area contributed by atoms with E-state index in [9.17, 15) is 4.39 Å². The highest BCUT2D eigenvalue weighted by Crippen LogP contribution is 2.21. The van der Waals surface area contributed by atoms with Gasteiger partial charge in [-0.15, -0.1) is 5.11 Å². The van der Waals surface area contributed by atoms with Crippen molar-refractivity contribution >= 4 is 16.7 Å². The Morgan fingerprint density at radius 2 is 1.75 bits per heavy atom. The molecule has 98 valence electrons. The summed E-state index contributed by atoms with van der Waals surface area (Å²) >= 11 is 0. The summed E-state index contributed by atoms with van der Waals surface area (Å²) in [5.74, 6) is 0.214. The number of rotatable bonds is 3. The molecule has 1 aromatic heterocycles. The van der Waals surface area contributed by atoms with Crippen LogP contribution in [0.4, 0.5) is 10.2 Å². The molecule has 0 bridgehead atoms. The number of fused-ring (bicyclic) bond motifs is 1. The molecule has 5 heteroatoms. The van der Waals surface area contributed by atoms with Crippen LogP contribution in [0.5, 0.6) is 0 Å². The summed E-state index contributed by atoms with van der Waals surface area (Å²) in [5.41, 5.74) is 1.32. The number of benzene rings is 2. The van der Waals surface area contributed by atoms with Gasteiger partial charge in [0.05, 0.1) is 12.1 Å². The summed E-state index contributed by atoms with van der Waals surface area (Å²) in [6.45, 7) is 0.186. The van der Waals surface area contributed by atoms with Crippen LogP contribution in [0.25, 0.3) is 10.9 Å². The minimum atomic E-state index is -0.279. The zero-order valence-corrected chi connectivity index (χ0v) is 10.6. The summed E-state index contributed by atoms with van der Waals surface area (Å²) in [6, 6.07) is 14.1. The van der Waals surface area contributed by atoms with Gasteiger partial charge >= 0.3 is 0 Å². The molecule has 0 spiro atoms. The summed E-state index contributed by atoms with van der Waals surface area (Å²) < 4.78 is 13.4. The minimum absolute atomic E-state index is 0.186. The van der Waals surface area contributed by atoms with E-state index in [1.54, 1.807) is 18.2 Å². The van der Waals surface area contributed by atoms with Crippen LogP contribution in [0.3, 0.4) is 0 Å². The van der Waals surface area contributed by atoms with E-state index in [0.29, 0.717) is 11.4 Å². The fourth-order valence-electron chi connectivity index (χ4n) is 1.88. The summed E-state index contributed by atoms with van der Waals surface area (Å²) in [7, 11) is 0. The normalized spacial score (nSPS) is 11.2. The van der Waals surface area contributed by atoms with Crippen LogP contribution in [0.1, 0.15) is 5.56 Å². The van der Waals surface area contributed by atoms with Crippen molar-refractivity contribution in [3.63, 3.8) is 0 Å². The van der Waals surface area contributed by atoms with Crippen molar-refractivity contribution in [2.24, 2.45) is 10.2 Å². The average molecular weight is 266 g/mol. The van der Waals surface area contributed by atoms with Crippen molar-refractivity contribution in [1.82, 2.24) is 9.97 Å². The summed E-state index contributed by atoms with van der Waals surface area (Å²) in [4.78, 5) is 8.24. The zero-order chi connectivity index (χ0) is 13.8. The molecular formula is C15H11FN4. The van der Waals surface area contributed by atoms with E-state index in [2.05, 4.69) is 20.2 Å². The Kier molecular flexibility index (Phi) is 3.41. The Morgan fingerprint density at radius 3 is 2.65 bits per heavy atom. The molecule has 0 atom stereocenters. The van der Waals surface area contributed by atoms with Crippen LogP contribution < -0.4 is 0 Å². The maximum absolute atomic E-state index is 13.4. The van der Waals surface area contributed by atoms with Crippen molar-refractivity contribution in [3.8, 4) is 0 Å². The summed E-state index contributed by atoms with van der Waals surface area (Å²) in [5, 5.41) is 8.92. The van der Waals surface area contributed by atoms with Crippen molar-refractivity contribution in [1.29, 1.82) is 0 Å². The highest BCUT2D eigenvalue weighted by atomic mass is 19.1. The van der Waals surface area contributed by atoms with Crippen LogP contribution in [0.2, 0.25) is 0 Å². The van der Waals surface area contributed by atoms with Crippen LogP contribution in [0.15, 0.2) is 65.1 Å². The molecule has 0 aliphatic rings. The fraction of sp³-hybridized carbons (Fsp3) is 0.0667. The van der Waals surface area contributed by atoms with Gasteiger partial charge in [-0.05, 0) is 18.2 Å². The van der Waals surface area contributed by atoms with Gasteiger partial charge in [0.25, 0.3) is 0 Å². The lowest BCUT2D eigenvalue weighted by molar-refractivity contribution is 0.609. The van der Waals surface area contributed by atoms with Crippen LogP contribution in [0, 0.1) is 5.82 Å². The molecule has 0 fully saturated rings. The second-order valence-corrected chi connectivity index (χ2v) is 4.21. The Balaban J connectivity index is 1.86. The molecule has 3 aromatic rings. The molecule has 0 amide bonds. The van der Waals surface area contributed by atoms with Crippen molar-refractivity contribution < 1.29 is 4.39 Å². The first-order valence-electron chi connectivity index (χ1n) is 6.15. The molecule has 0 saturated carbocycles.